The van der Waals surface area contributed by atoms with Crippen LogP contribution in [0.15, 0.2) is 82.7 Å². The summed E-state index contributed by atoms with van der Waals surface area (Å²) in [5, 5.41) is 7.09. The van der Waals surface area contributed by atoms with Crippen molar-refractivity contribution < 1.29 is 4.42 Å². The molecule has 0 spiro atoms. The van der Waals surface area contributed by atoms with Gasteiger partial charge in [-0.25, -0.2) is 0 Å². The summed E-state index contributed by atoms with van der Waals surface area (Å²) in [7, 11) is 0. The van der Waals surface area contributed by atoms with E-state index in [1.54, 1.807) is 11.3 Å². The zero-order valence-corrected chi connectivity index (χ0v) is 20.1. The van der Waals surface area contributed by atoms with E-state index in [0.717, 1.165) is 33.6 Å². The van der Waals surface area contributed by atoms with Crippen molar-refractivity contribution in [3.05, 3.63) is 89.4 Å². The predicted molar refractivity (Wildman–Crippen MR) is 141 cm³/mol. The fourth-order valence-electron chi connectivity index (χ4n) is 4.69. The number of aryl methyl sites for hydroxylation is 1. The van der Waals surface area contributed by atoms with Crippen LogP contribution in [-0.2, 0) is 5.41 Å². The first-order valence-corrected chi connectivity index (χ1v) is 12.2. The number of hydrogen-bond acceptors (Lipinski definition) is 3. The van der Waals surface area contributed by atoms with Gasteiger partial charge in [0.05, 0.1) is 0 Å². The van der Waals surface area contributed by atoms with Crippen LogP contribution in [0.3, 0.4) is 0 Å². The number of rotatable bonds is 2. The molecule has 3 aromatic carbocycles. The highest BCUT2D eigenvalue weighted by Gasteiger charge is 2.20. The Bertz CT molecular complexity index is 1660. The van der Waals surface area contributed by atoms with E-state index in [1.807, 2.05) is 12.3 Å². The summed E-state index contributed by atoms with van der Waals surface area (Å²) in [4.78, 5) is 4.78. The van der Waals surface area contributed by atoms with Crippen molar-refractivity contribution >= 4 is 43.2 Å². The van der Waals surface area contributed by atoms with Gasteiger partial charge in [0, 0.05) is 27.4 Å². The molecule has 0 unspecified atom stereocenters. The standard InChI is InChI=1S/C30H25NOS/c1-18-17-33-27-10-9-20(14-24(18)27)26-16-21-11-12-31-28(29(21)32-26)22-13-19-7-5-6-8-23(19)25(15-22)30(2,3)4/h5-17H,1-4H3. The molecule has 6 aromatic rings. The molecule has 0 aliphatic heterocycles. The second kappa shape index (κ2) is 7.29. The molecule has 3 heterocycles. The van der Waals surface area contributed by atoms with Crippen LogP contribution in [0, 0.1) is 6.92 Å². The van der Waals surface area contributed by atoms with Crippen molar-refractivity contribution in [2.45, 2.75) is 33.1 Å². The van der Waals surface area contributed by atoms with Crippen LogP contribution < -0.4 is 0 Å². The molecule has 0 amide bonds. The SMILES string of the molecule is Cc1csc2ccc(-c3cc4ccnc(-c5cc(C(C)(C)C)c6ccccc6c5)c4o3)cc12. The number of aromatic nitrogens is 1. The molecule has 6 rings (SSSR count). The van der Waals surface area contributed by atoms with Gasteiger partial charge in [0.25, 0.3) is 0 Å². The van der Waals surface area contributed by atoms with E-state index in [0.29, 0.717) is 0 Å². The van der Waals surface area contributed by atoms with Crippen LogP contribution in [-0.4, -0.2) is 4.98 Å². The van der Waals surface area contributed by atoms with Crippen LogP contribution in [0.25, 0.3) is 54.4 Å². The first-order valence-electron chi connectivity index (χ1n) is 11.3. The highest BCUT2D eigenvalue weighted by molar-refractivity contribution is 7.17. The molecular weight excluding hydrogens is 422 g/mol. The van der Waals surface area contributed by atoms with E-state index < -0.39 is 0 Å². The topological polar surface area (TPSA) is 26.0 Å². The van der Waals surface area contributed by atoms with Crippen LogP contribution in [0.4, 0.5) is 0 Å². The Morgan fingerprint density at radius 2 is 1.67 bits per heavy atom. The number of hydrogen-bond donors (Lipinski definition) is 0. The van der Waals surface area contributed by atoms with Crippen LogP contribution in [0.1, 0.15) is 31.9 Å². The Morgan fingerprint density at radius 3 is 2.52 bits per heavy atom. The third kappa shape index (κ3) is 3.35. The maximum absolute atomic E-state index is 6.48. The first-order chi connectivity index (χ1) is 15.9. The largest absolute Gasteiger partial charge is 0.454 e. The second-order valence-electron chi connectivity index (χ2n) is 9.81. The molecule has 33 heavy (non-hydrogen) atoms. The lowest BCUT2D eigenvalue weighted by Crippen LogP contribution is -2.12. The molecule has 3 aromatic heterocycles. The number of fused-ring (bicyclic) bond motifs is 3. The zero-order valence-electron chi connectivity index (χ0n) is 19.3. The summed E-state index contributed by atoms with van der Waals surface area (Å²) in [6.07, 6.45) is 1.88. The Balaban J connectivity index is 1.56. The summed E-state index contributed by atoms with van der Waals surface area (Å²) in [6.45, 7) is 8.95. The molecule has 2 nitrogen and oxygen atoms in total. The molecule has 0 atom stereocenters. The van der Waals surface area contributed by atoms with Crippen molar-refractivity contribution in [1.29, 1.82) is 0 Å². The minimum atomic E-state index is 0.0195. The molecule has 0 fully saturated rings. The Morgan fingerprint density at radius 1 is 0.818 bits per heavy atom. The maximum Gasteiger partial charge on any atom is 0.161 e. The predicted octanol–water partition coefficient (Wildman–Crippen LogP) is 9.14. The van der Waals surface area contributed by atoms with E-state index in [1.165, 1.54) is 32.0 Å². The van der Waals surface area contributed by atoms with Gasteiger partial charge in [-0.05, 0) is 87.5 Å². The van der Waals surface area contributed by atoms with Gasteiger partial charge in [0.1, 0.15) is 11.5 Å². The van der Waals surface area contributed by atoms with E-state index in [-0.39, 0.29) is 5.41 Å². The summed E-state index contributed by atoms with van der Waals surface area (Å²) in [6, 6.07) is 23.9. The van der Waals surface area contributed by atoms with Gasteiger partial charge >= 0.3 is 0 Å². The first kappa shape index (κ1) is 20.2. The second-order valence-corrected chi connectivity index (χ2v) is 10.7. The van der Waals surface area contributed by atoms with Gasteiger partial charge < -0.3 is 4.42 Å². The number of benzene rings is 3. The van der Waals surface area contributed by atoms with Gasteiger partial charge in [0.2, 0.25) is 0 Å². The Hall–Kier alpha value is -3.43. The van der Waals surface area contributed by atoms with Crippen LogP contribution in [0.5, 0.6) is 0 Å². The minimum Gasteiger partial charge on any atom is -0.454 e. The van der Waals surface area contributed by atoms with Gasteiger partial charge in [0.15, 0.2) is 5.58 Å². The molecule has 0 aliphatic carbocycles. The summed E-state index contributed by atoms with van der Waals surface area (Å²) < 4.78 is 7.79. The van der Waals surface area contributed by atoms with Crippen molar-refractivity contribution in [2.75, 3.05) is 0 Å². The molecule has 0 saturated heterocycles. The van der Waals surface area contributed by atoms with E-state index >= 15 is 0 Å². The monoisotopic (exact) mass is 447 g/mol. The quantitative estimate of drug-likeness (QED) is 0.264. The van der Waals surface area contributed by atoms with E-state index in [2.05, 4.69) is 93.7 Å². The third-order valence-electron chi connectivity index (χ3n) is 6.43. The molecule has 0 saturated carbocycles. The molecule has 3 heteroatoms. The van der Waals surface area contributed by atoms with Crippen molar-refractivity contribution in [1.82, 2.24) is 4.98 Å². The number of furan rings is 1. The Kier molecular flexibility index (Phi) is 4.46. The van der Waals surface area contributed by atoms with Gasteiger partial charge in [-0.3, -0.25) is 4.98 Å². The highest BCUT2D eigenvalue weighted by Crippen LogP contribution is 2.39. The van der Waals surface area contributed by atoms with Crippen molar-refractivity contribution in [3.8, 4) is 22.6 Å². The molecule has 0 N–H and O–H groups in total. The summed E-state index contributed by atoms with van der Waals surface area (Å²) >= 11 is 1.79. The lowest BCUT2D eigenvalue weighted by Gasteiger charge is -2.22. The smallest absolute Gasteiger partial charge is 0.161 e. The van der Waals surface area contributed by atoms with Gasteiger partial charge in [-0.1, -0.05) is 45.0 Å². The van der Waals surface area contributed by atoms with E-state index in [9.17, 15) is 0 Å². The zero-order chi connectivity index (χ0) is 22.7. The van der Waals surface area contributed by atoms with E-state index in [4.69, 9.17) is 9.40 Å². The van der Waals surface area contributed by atoms with Crippen LogP contribution in [0.2, 0.25) is 0 Å². The lowest BCUT2D eigenvalue weighted by molar-refractivity contribution is 0.596. The fourth-order valence-corrected chi connectivity index (χ4v) is 5.61. The number of thiophene rings is 1. The molecule has 0 aliphatic rings. The maximum atomic E-state index is 6.48. The summed E-state index contributed by atoms with van der Waals surface area (Å²) in [5.74, 6) is 0.878. The Labute approximate surface area is 197 Å². The number of pyridine rings is 1. The lowest BCUT2D eigenvalue weighted by atomic mass is 9.82. The molecule has 0 radical (unpaired) electrons. The average Bonchev–Trinajstić information content (AvgIpc) is 3.41. The molecule has 162 valence electrons. The highest BCUT2D eigenvalue weighted by atomic mass is 32.1. The van der Waals surface area contributed by atoms with Crippen molar-refractivity contribution in [3.63, 3.8) is 0 Å². The van der Waals surface area contributed by atoms with Gasteiger partial charge in [-0.2, -0.15) is 0 Å². The van der Waals surface area contributed by atoms with Crippen LogP contribution >= 0.6 is 11.3 Å². The average molecular weight is 448 g/mol. The minimum absolute atomic E-state index is 0.0195. The molecular formula is C30H25NOS. The van der Waals surface area contributed by atoms with Gasteiger partial charge in [-0.15, -0.1) is 11.3 Å². The van der Waals surface area contributed by atoms with Crippen molar-refractivity contribution in [2.24, 2.45) is 0 Å². The third-order valence-corrected chi connectivity index (χ3v) is 7.51. The summed E-state index contributed by atoms with van der Waals surface area (Å²) in [5.41, 5.74) is 6.56. The number of nitrogens with zero attached hydrogens (tertiary/aromatic N) is 1. The fraction of sp³-hybridized carbons (Fsp3) is 0.167. The normalized spacial score (nSPS) is 12.2. The molecule has 0 bridgehead atoms.